The minimum absolute atomic E-state index is 0.0401. The molecule has 22 heteroatoms. The molecule has 0 aliphatic carbocycles. The SMILES string of the molecule is CC(c1ccc(Oc2ccc([N+](=O)[O-])cc2)cc1)(c1ccc(Oc2ccc([N+](=O)[O-])cc2)cc1)P1(=O)Oc2ccccc2-c2ccccc21.Cc1ccccc1-c1ccccc1P(=O)(O)C(c1ccc(Oc2ccc([N+](=O)[O-])cc2)cc1)c1ccc(Oc2ccc([N+](=O)[O-])cc2)cc1. The van der Waals surface area contributed by atoms with Gasteiger partial charge in [0.2, 0.25) is 7.37 Å². The van der Waals surface area contributed by atoms with Gasteiger partial charge in [0, 0.05) is 59.4 Å². The lowest BCUT2D eigenvalue weighted by atomic mass is 9.92. The molecule has 0 fully saturated rings. The first-order valence-corrected chi connectivity index (χ1v) is 33.7. The van der Waals surface area contributed by atoms with Crippen molar-refractivity contribution in [3.63, 3.8) is 0 Å². The number of para-hydroxylation sites is 1. The monoisotopic (exact) mass is 1340 g/mol. The van der Waals surface area contributed by atoms with Crippen LogP contribution in [0.1, 0.15) is 40.4 Å². The van der Waals surface area contributed by atoms with Crippen LogP contribution in [0.2, 0.25) is 0 Å². The molecule has 1 heterocycles. The normalized spacial score (nSPS) is 13.6. The van der Waals surface area contributed by atoms with Crippen LogP contribution in [-0.4, -0.2) is 24.6 Å². The van der Waals surface area contributed by atoms with Gasteiger partial charge in [-0.25, -0.2) is 0 Å². The number of nitro groups is 4. The van der Waals surface area contributed by atoms with Gasteiger partial charge in [0.15, 0.2) is 0 Å². The molecule has 12 aromatic rings. The van der Waals surface area contributed by atoms with E-state index in [1.807, 2.05) is 123 Å². The summed E-state index contributed by atoms with van der Waals surface area (Å²) in [6.07, 6.45) is 0. The van der Waals surface area contributed by atoms with Gasteiger partial charge in [-0.2, -0.15) is 0 Å². The third kappa shape index (κ3) is 13.8. The minimum atomic E-state index is -4.22. The van der Waals surface area contributed by atoms with E-state index in [1.54, 1.807) is 84.9 Å². The highest BCUT2D eigenvalue weighted by Crippen LogP contribution is 2.69. The van der Waals surface area contributed by atoms with Gasteiger partial charge in [-0.3, -0.25) is 49.6 Å². The van der Waals surface area contributed by atoms with Crippen LogP contribution in [0.3, 0.4) is 0 Å². The van der Waals surface area contributed by atoms with Crippen LogP contribution >= 0.6 is 14.7 Å². The van der Waals surface area contributed by atoms with E-state index in [0.29, 0.717) is 90.2 Å². The van der Waals surface area contributed by atoms with Crippen LogP contribution in [0.25, 0.3) is 22.3 Å². The van der Waals surface area contributed by atoms with E-state index in [2.05, 4.69) is 0 Å². The molecule has 2 unspecified atom stereocenters. The van der Waals surface area contributed by atoms with Crippen LogP contribution in [0.4, 0.5) is 22.7 Å². The summed E-state index contributed by atoms with van der Waals surface area (Å²) in [6.45, 7) is 3.86. The zero-order valence-corrected chi connectivity index (χ0v) is 53.8. The molecule has 12 aromatic carbocycles. The van der Waals surface area contributed by atoms with Crippen LogP contribution in [0.5, 0.6) is 51.7 Å². The van der Waals surface area contributed by atoms with E-state index in [0.717, 1.165) is 22.3 Å². The number of non-ortho nitro benzene ring substituents is 4. The number of aryl methyl sites for hydroxylation is 1. The van der Waals surface area contributed by atoms with Crippen LogP contribution in [0, 0.1) is 47.4 Å². The van der Waals surface area contributed by atoms with E-state index in [9.17, 15) is 49.9 Å². The number of hydrogen-bond acceptors (Lipinski definition) is 15. The standard InChI is InChI=1S/C38H27N2O8P.C38H29N2O8P/c1-38(26-10-18-30(19-11-26)46-32-22-14-28(15-23-32)39(41)42,27-12-20-31(21-13-27)47-33-24-16-29(17-25-33)40(43)44)49(45)37-9-5-3-7-35(37)34-6-2-4-8-36(34)48-49;1-26-6-2-3-7-35(26)36-8-4-5-9-37(36)49(45,46)38(27-10-18-31(19-11-27)47-33-22-14-29(15-23-33)39(41)42)28-12-20-32(21-13-28)48-34-24-16-30(17-25-34)40(43)44/h2-25H,1H3;2-25,38H,1H3,(H,45,46). The Balaban J connectivity index is 0.000000187. The summed E-state index contributed by atoms with van der Waals surface area (Å²) in [5.41, 5.74) is 5.50. The number of hydrogen-bond donors (Lipinski definition) is 1. The molecule has 0 spiro atoms. The Kier molecular flexibility index (Phi) is 18.7. The molecule has 0 saturated heterocycles. The summed E-state index contributed by atoms with van der Waals surface area (Å²) in [7, 11) is -8.03. The molecule has 0 aromatic heterocycles. The van der Waals surface area contributed by atoms with Gasteiger partial charge in [-0.15, -0.1) is 0 Å². The molecule has 0 radical (unpaired) electrons. The number of rotatable bonds is 20. The Morgan fingerprint density at radius 3 is 1.05 bits per heavy atom. The molecule has 486 valence electrons. The summed E-state index contributed by atoms with van der Waals surface area (Å²) in [6, 6.07) is 81.0. The molecule has 0 saturated carbocycles. The molecule has 13 rings (SSSR count). The second-order valence-electron chi connectivity index (χ2n) is 22.7. The first-order valence-electron chi connectivity index (χ1n) is 30.3. The third-order valence-corrected chi connectivity index (χ3v) is 22.2. The van der Waals surface area contributed by atoms with Crippen molar-refractivity contribution in [1.82, 2.24) is 0 Å². The zero-order chi connectivity index (χ0) is 68.7. The second-order valence-corrected chi connectivity index (χ2v) is 27.6. The van der Waals surface area contributed by atoms with Crippen molar-refractivity contribution in [3.05, 3.63) is 359 Å². The Labute approximate surface area is 560 Å². The van der Waals surface area contributed by atoms with Crippen molar-refractivity contribution in [3.8, 4) is 74.0 Å². The minimum Gasteiger partial charge on any atom is -0.457 e. The van der Waals surface area contributed by atoms with Crippen LogP contribution in [-0.2, 0) is 14.3 Å². The summed E-state index contributed by atoms with van der Waals surface area (Å²) in [5.74, 6) is 4.04. The van der Waals surface area contributed by atoms with Gasteiger partial charge in [-0.1, -0.05) is 127 Å². The molecule has 2 atom stereocenters. The number of ether oxygens (including phenoxy) is 4. The van der Waals surface area contributed by atoms with Crippen LogP contribution < -0.4 is 34.1 Å². The van der Waals surface area contributed by atoms with Gasteiger partial charge >= 0.3 is 0 Å². The predicted molar refractivity (Wildman–Crippen MR) is 373 cm³/mol. The first-order chi connectivity index (χ1) is 47.2. The van der Waals surface area contributed by atoms with Crippen molar-refractivity contribution >= 4 is 48.1 Å². The molecule has 98 heavy (non-hydrogen) atoms. The maximum atomic E-state index is 15.8. The average molecular weight is 1340 g/mol. The number of benzene rings is 12. The molecule has 0 amide bonds. The highest BCUT2D eigenvalue weighted by molar-refractivity contribution is 7.69. The van der Waals surface area contributed by atoms with Crippen molar-refractivity contribution in [2.75, 3.05) is 0 Å². The molecule has 1 N–H and O–H groups in total. The van der Waals surface area contributed by atoms with E-state index in [4.69, 9.17) is 23.5 Å². The molecular weight excluding hydrogens is 1290 g/mol. The summed E-state index contributed by atoms with van der Waals surface area (Å²) in [4.78, 5) is 54.4. The maximum Gasteiger partial charge on any atom is 0.292 e. The highest BCUT2D eigenvalue weighted by atomic mass is 31.2. The highest BCUT2D eigenvalue weighted by Gasteiger charge is 2.54. The van der Waals surface area contributed by atoms with Crippen molar-refractivity contribution in [1.29, 1.82) is 0 Å². The fourth-order valence-corrected chi connectivity index (χ4v) is 16.8. The van der Waals surface area contributed by atoms with E-state index < -0.39 is 45.2 Å². The van der Waals surface area contributed by atoms with Crippen LogP contribution in [0.15, 0.2) is 291 Å². The van der Waals surface area contributed by atoms with Gasteiger partial charge in [-0.05, 0) is 174 Å². The topological polar surface area (TPSA) is 273 Å². The average Bonchev–Trinajstić information content (AvgIpc) is 0.708. The van der Waals surface area contributed by atoms with Crippen molar-refractivity contribution in [2.45, 2.75) is 24.7 Å². The third-order valence-electron chi connectivity index (χ3n) is 16.6. The molecule has 1 aliphatic heterocycles. The quantitative estimate of drug-likeness (QED) is 0.0422. The Bertz CT molecular complexity index is 4840. The summed E-state index contributed by atoms with van der Waals surface area (Å²) < 4.78 is 61.1. The molecular formula is C76H56N4O16P2. The lowest BCUT2D eigenvalue weighted by molar-refractivity contribution is -0.385. The maximum absolute atomic E-state index is 15.8. The zero-order valence-electron chi connectivity index (χ0n) is 52.0. The molecule has 1 aliphatic rings. The number of nitro benzene ring substituents is 4. The Morgan fingerprint density at radius 1 is 0.388 bits per heavy atom. The fourth-order valence-electron chi connectivity index (χ4n) is 11.6. The summed E-state index contributed by atoms with van der Waals surface area (Å²) in [5, 5.41) is 43.8. The predicted octanol–water partition coefficient (Wildman–Crippen LogP) is 19.8. The largest absolute Gasteiger partial charge is 0.457 e. The smallest absolute Gasteiger partial charge is 0.292 e. The van der Waals surface area contributed by atoms with Gasteiger partial charge in [0.1, 0.15) is 56.9 Å². The lowest BCUT2D eigenvalue weighted by Crippen LogP contribution is -2.34. The van der Waals surface area contributed by atoms with Crippen molar-refractivity contribution in [2.24, 2.45) is 0 Å². The van der Waals surface area contributed by atoms with Crippen molar-refractivity contribution < 1.29 is 57.2 Å². The fraction of sp³-hybridized carbons (Fsp3) is 0.0526. The van der Waals surface area contributed by atoms with E-state index >= 15 is 4.57 Å². The van der Waals surface area contributed by atoms with E-state index in [1.165, 1.54) is 97.1 Å². The lowest BCUT2D eigenvalue weighted by Gasteiger charge is -2.41. The second kappa shape index (κ2) is 27.9. The number of fused-ring (bicyclic) bond motifs is 3. The number of nitrogens with zero attached hydrogens (tertiary/aromatic N) is 4. The van der Waals surface area contributed by atoms with Gasteiger partial charge in [0.05, 0.1) is 30.7 Å². The summed E-state index contributed by atoms with van der Waals surface area (Å²) >= 11 is 0. The Hall–Kier alpha value is -12.3. The van der Waals surface area contributed by atoms with E-state index in [-0.39, 0.29) is 22.7 Å². The first kappa shape index (κ1) is 65.7. The molecule has 20 nitrogen and oxygen atoms in total. The van der Waals surface area contributed by atoms with Gasteiger partial charge in [0.25, 0.3) is 30.1 Å². The van der Waals surface area contributed by atoms with Gasteiger partial charge < -0.3 is 28.4 Å². The Morgan fingerprint density at radius 2 is 0.684 bits per heavy atom. The molecule has 0 bridgehead atoms.